The van der Waals surface area contributed by atoms with E-state index in [0.29, 0.717) is 6.04 Å². The Hall–Kier alpha value is -1.03. The minimum absolute atomic E-state index is 0.470. The molecule has 0 spiro atoms. The zero-order valence-electron chi connectivity index (χ0n) is 7.16. The number of oxazole rings is 1. The van der Waals surface area contributed by atoms with Gasteiger partial charge in [-0.25, -0.2) is 4.98 Å². The fraction of sp³-hybridized carbons (Fsp3) is 0.625. The summed E-state index contributed by atoms with van der Waals surface area (Å²) in [5.41, 5.74) is 0. The van der Waals surface area contributed by atoms with Gasteiger partial charge < -0.3 is 14.6 Å². The largest absolute Gasteiger partial charge is 0.432 e. The molecule has 1 aromatic rings. The normalized spacial score (nSPS) is 24.4. The molecule has 1 unspecified atom stereocenters. The third kappa shape index (κ3) is 1.30. The molecule has 2 rings (SSSR count). The number of nitrogens with zero attached hydrogens (tertiary/aromatic N) is 2. The molecule has 2 heterocycles. The highest BCUT2D eigenvalue weighted by atomic mass is 16.4. The van der Waals surface area contributed by atoms with Crippen LogP contribution in [0.15, 0.2) is 16.9 Å². The average molecular weight is 167 g/mol. The van der Waals surface area contributed by atoms with Crippen LogP contribution in [0.5, 0.6) is 0 Å². The summed E-state index contributed by atoms with van der Waals surface area (Å²) in [6, 6.07) is 1.21. The van der Waals surface area contributed by atoms with Crippen LogP contribution in [-0.2, 0) is 0 Å². The second-order valence-corrected chi connectivity index (χ2v) is 3.06. The Morgan fingerprint density at radius 3 is 3.33 bits per heavy atom. The first-order valence-electron chi connectivity index (χ1n) is 4.25. The summed E-state index contributed by atoms with van der Waals surface area (Å²) in [6.07, 6.45) is 3.30. The molecule has 4 nitrogen and oxygen atoms in total. The molecule has 66 valence electrons. The predicted octanol–water partition coefficient (Wildman–Crippen LogP) is 0.473. The number of anilines is 1. The van der Waals surface area contributed by atoms with Crippen molar-refractivity contribution in [2.45, 2.75) is 13.0 Å². The first-order chi connectivity index (χ1) is 5.88. The number of piperazine rings is 1. The van der Waals surface area contributed by atoms with Crippen molar-refractivity contribution in [2.75, 3.05) is 24.5 Å². The highest BCUT2D eigenvalue weighted by molar-refractivity contribution is 5.27. The van der Waals surface area contributed by atoms with E-state index < -0.39 is 0 Å². The number of nitrogens with one attached hydrogen (secondary N) is 1. The third-order valence-electron chi connectivity index (χ3n) is 2.17. The lowest BCUT2D eigenvalue weighted by Gasteiger charge is -2.32. The lowest BCUT2D eigenvalue weighted by molar-refractivity contribution is 0.446. The average Bonchev–Trinajstić information content (AvgIpc) is 2.57. The minimum atomic E-state index is 0.470. The molecule has 4 heteroatoms. The topological polar surface area (TPSA) is 41.3 Å². The molecule has 1 atom stereocenters. The van der Waals surface area contributed by atoms with E-state index in [4.69, 9.17) is 4.42 Å². The highest BCUT2D eigenvalue weighted by Gasteiger charge is 2.20. The quantitative estimate of drug-likeness (QED) is 0.660. The van der Waals surface area contributed by atoms with Gasteiger partial charge in [0, 0.05) is 25.7 Å². The van der Waals surface area contributed by atoms with Gasteiger partial charge in [-0.3, -0.25) is 0 Å². The molecule has 0 saturated carbocycles. The molecule has 1 aliphatic rings. The lowest BCUT2D eigenvalue weighted by Crippen LogP contribution is -2.50. The Kier molecular flexibility index (Phi) is 1.99. The van der Waals surface area contributed by atoms with Crippen molar-refractivity contribution in [1.29, 1.82) is 0 Å². The van der Waals surface area contributed by atoms with Crippen LogP contribution in [0.1, 0.15) is 6.92 Å². The summed E-state index contributed by atoms with van der Waals surface area (Å²) in [4.78, 5) is 6.30. The van der Waals surface area contributed by atoms with Gasteiger partial charge in [0.15, 0.2) is 0 Å². The van der Waals surface area contributed by atoms with Gasteiger partial charge in [0.05, 0.1) is 6.20 Å². The van der Waals surface area contributed by atoms with E-state index >= 15 is 0 Å². The van der Waals surface area contributed by atoms with Crippen molar-refractivity contribution >= 4 is 6.01 Å². The predicted molar refractivity (Wildman–Crippen MR) is 46.2 cm³/mol. The molecule has 0 amide bonds. The van der Waals surface area contributed by atoms with Crippen molar-refractivity contribution in [3.63, 3.8) is 0 Å². The molecule has 1 fully saturated rings. The molecule has 1 aliphatic heterocycles. The van der Waals surface area contributed by atoms with Crippen LogP contribution in [0.2, 0.25) is 0 Å². The van der Waals surface area contributed by atoms with Gasteiger partial charge in [0.25, 0.3) is 6.01 Å². The summed E-state index contributed by atoms with van der Waals surface area (Å²) in [5.74, 6) is 0. The molecular formula is C8H13N3O. The maximum absolute atomic E-state index is 5.23. The van der Waals surface area contributed by atoms with E-state index in [1.165, 1.54) is 0 Å². The van der Waals surface area contributed by atoms with E-state index in [9.17, 15) is 0 Å². The first kappa shape index (κ1) is 7.61. The Bertz CT molecular complexity index is 234. The smallest absolute Gasteiger partial charge is 0.297 e. The molecule has 1 aromatic heterocycles. The zero-order valence-corrected chi connectivity index (χ0v) is 7.16. The van der Waals surface area contributed by atoms with E-state index in [2.05, 4.69) is 22.1 Å². The Balaban J connectivity index is 2.11. The van der Waals surface area contributed by atoms with Crippen LogP contribution < -0.4 is 10.2 Å². The van der Waals surface area contributed by atoms with Gasteiger partial charge in [-0.05, 0) is 6.92 Å². The second kappa shape index (κ2) is 3.15. The van der Waals surface area contributed by atoms with E-state index in [-0.39, 0.29) is 0 Å². The van der Waals surface area contributed by atoms with E-state index in [1.807, 2.05) is 0 Å². The molecule has 1 saturated heterocycles. The molecule has 0 aliphatic carbocycles. The van der Waals surface area contributed by atoms with Gasteiger partial charge in [-0.15, -0.1) is 0 Å². The molecule has 12 heavy (non-hydrogen) atoms. The van der Waals surface area contributed by atoms with Crippen molar-refractivity contribution < 1.29 is 4.42 Å². The van der Waals surface area contributed by atoms with Gasteiger partial charge in [-0.2, -0.15) is 0 Å². The molecular weight excluding hydrogens is 154 g/mol. The van der Waals surface area contributed by atoms with Gasteiger partial charge in [-0.1, -0.05) is 0 Å². The van der Waals surface area contributed by atoms with Gasteiger partial charge >= 0.3 is 0 Å². The highest BCUT2D eigenvalue weighted by Crippen LogP contribution is 2.14. The molecule has 1 N–H and O–H groups in total. The van der Waals surface area contributed by atoms with Crippen LogP contribution in [-0.4, -0.2) is 30.7 Å². The fourth-order valence-corrected chi connectivity index (χ4v) is 1.48. The standard InChI is InChI=1S/C8H13N3O/c1-7-6-9-2-4-11(7)8-10-3-5-12-8/h3,5,7,9H,2,4,6H2,1H3. The van der Waals surface area contributed by atoms with Crippen LogP contribution in [0.25, 0.3) is 0 Å². The van der Waals surface area contributed by atoms with Gasteiger partial charge in [0.2, 0.25) is 0 Å². The summed E-state index contributed by atoms with van der Waals surface area (Å²) >= 11 is 0. The number of hydrogen-bond donors (Lipinski definition) is 1. The fourth-order valence-electron chi connectivity index (χ4n) is 1.48. The molecule has 0 radical (unpaired) electrons. The SMILES string of the molecule is CC1CNCCN1c1ncco1. The zero-order chi connectivity index (χ0) is 8.39. The van der Waals surface area contributed by atoms with Crippen LogP contribution in [0, 0.1) is 0 Å². The summed E-state index contributed by atoms with van der Waals surface area (Å²) in [7, 11) is 0. The maximum Gasteiger partial charge on any atom is 0.297 e. The number of aromatic nitrogens is 1. The third-order valence-corrected chi connectivity index (χ3v) is 2.17. The van der Waals surface area contributed by atoms with Crippen molar-refractivity contribution in [2.24, 2.45) is 0 Å². The lowest BCUT2D eigenvalue weighted by atomic mass is 10.2. The number of rotatable bonds is 1. The van der Waals surface area contributed by atoms with Crippen molar-refractivity contribution in [3.05, 3.63) is 12.5 Å². The summed E-state index contributed by atoms with van der Waals surface area (Å²) < 4.78 is 5.23. The first-order valence-corrected chi connectivity index (χ1v) is 4.25. The van der Waals surface area contributed by atoms with Crippen LogP contribution in [0.4, 0.5) is 6.01 Å². The molecule has 0 aromatic carbocycles. The van der Waals surface area contributed by atoms with Crippen molar-refractivity contribution in [1.82, 2.24) is 10.3 Å². The van der Waals surface area contributed by atoms with E-state index in [1.54, 1.807) is 12.5 Å². The maximum atomic E-state index is 5.23. The van der Waals surface area contributed by atoms with Gasteiger partial charge in [0.1, 0.15) is 6.26 Å². The monoisotopic (exact) mass is 167 g/mol. The van der Waals surface area contributed by atoms with E-state index in [0.717, 1.165) is 25.6 Å². The van der Waals surface area contributed by atoms with Crippen LogP contribution >= 0.6 is 0 Å². The molecule has 0 bridgehead atoms. The Morgan fingerprint density at radius 2 is 2.67 bits per heavy atom. The van der Waals surface area contributed by atoms with Crippen molar-refractivity contribution in [3.8, 4) is 0 Å². The summed E-state index contributed by atoms with van der Waals surface area (Å²) in [5, 5.41) is 3.32. The van der Waals surface area contributed by atoms with Crippen LogP contribution in [0.3, 0.4) is 0 Å². The second-order valence-electron chi connectivity index (χ2n) is 3.06. The Labute approximate surface area is 71.6 Å². The Morgan fingerprint density at radius 1 is 1.75 bits per heavy atom. The number of hydrogen-bond acceptors (Lipinski definition) is 4. The minimum Gasteiger partial charge on any atom is -0.432 e. The summed E-state index contributed by atoms with van der Waals surface area (Å²) in [6.45, 7) is 5.15.